The Morgan fingerprint density at radius 1 is 1.11 bits per heavy atom. The van der Waals surface area contributed by atoms with Gasteiger partial charge in [-0.3, -0.25) is 9.69 Å². The smallest absolute Gasteiger partial charge is 0.254 e. The number of aromatic nitrogens is 4. The molecule has 0 fully saturated rings. The van der Waals surface area contributed by atoms with Crippen LogP contribution < -0.4 is 5.56 Å². The second kappa shape index (κ2) is 7.12. The van der Waals surface area contributed by atoms with Crippen molar-refractivity contribution in [1.29, 1.82) is 0 Å². The molecule has 6 nitrogen and oxygen atoms in total. The molecule has 27 heavy (non-hydrogen) atoms. The normalized spacial score (nSPS) is 14.8. The lowest BCUT2D eigenvalue weighted by molar-refractivity contribution is 0.279. The molecule has 0 atom stereocenters. The maximum Gasteiger partial charge on any atom is 0.254 e. The number of rotatable bonds is 3. The van der Waals surface area contributed by atoms with E-state index in [1.807, 2.05) is 18.5 Å². The van der Waals surface area contributed by atoms with Gasteiger partial charge in [-0.2, -0.15) is 5.10 Å². The highest BCUT2D eigenvalue weighted by Gasteiger charge is 2.18. The molecule has 1 aliphatic heterocycles. The first-order chi connectivity index (χ1) is 13.0. The molecule has 140 valence electrons. The number of fused-ring (bicyclic) bond motifs is 1. The Morgan fingerprint density at radius 2 is 1.93 bits per heavy atom. The Hall–Kier alpha value is -2.73. The summed E-state index contributed by atoms with van der Waals surface area (Å²) in [5.74, 6) is 0.699. The Bertz CT molecular complexity index is 1030. The van der Waals surface area contributed by atoms with Gasteiger partial charge in [0.2, 0.25) is 0 Å². The molecule has 1 N–H and O–H groups in total. The Morgan fingerprint density at radius 3 is 2.70 bits per heavy atom. The second-order valence-electron chi connectivity index (χ2n) is 7.36. The summed E-state index contributed by atoms with van der Waals surface area (Å²) in [6.07, 6.45) is 1.56. The fraction of sp³-hybridized carbons (Fsp3) is 0.381. The Kier molecular flexibility index (Phi) is 4.66. The highest BCUT2D eigenvalue weighted by atomic mass is 16.1. The van der Waals surface area contributed by atoms with Gasteiger partial charge in [0.25, 0.3) is 5.56 Å². The van der Waals surface area contributed by atoms with Gasteiger partial charge in [0, 0.05) is 37.3 Å². The first-order valence-electron chi connectivity index (χ1n) is 9.43. The van der Waals surface area contributed by atoms with Crippen LogP contribution in [-0.2, 0) is 19.4 Å². The van der Waals surface area contributed by atoms with Gasteiger partial charge in [0.05, 0.1) is 17.1 Å². The van der Waals surface area contributed by atoms with Gasteiger partial charge < -0.3 is 4.98 Å². The summed E-state index contributed by atoms with van der Waals surface area (Å²) in [4.78, 5) is 22.0. The average molecular weight is 363 g/mol. The molecule has 0 saturated heterocycles. The van der Waals surface area contributed by atoms with Crippen molar-refractivity contribution in [2.45, 2.75) is 40.2 Å². The number of aryl methyl sites for hydroxylation is 3. The van der Waals surface area contributed by atoms with E-state index in [0.717, 1.165) is 60.8 Å². The van der Waals surface area contributed by atoms with Crippen LogP contribution in [0.3, 0.4) is 0 Å². The molecule has 0 bridgehead atoms. The third-order valence-electron chi connectivity index (χ3n) is 5.13. The lowest BCUT2D eigenvalue weighted by Crippen LogP contribution is -2.26. The van der Waals surface area contributed by atoms with Gasteiger partial charge in [-0.05, 0) is 51.0 Å². The van der Waals surface area contributed by atoms with Crippen molar-refractivity contribution >= 4 is 0 Å². The zero-order chi connectivity index (χ0) is 19.0. The summed E-state index contributed by atoms with van der Waals surface area (Å²) in [7, 11) is 0. The number of nitrogens with one attached hydrogen (secondary N) is 1. The van der Waals surface area contributed by atoms with E-state index in [1.165, 1.54) is 5.56 Å². The first-order valence-corrected chi connectivity index (χ1v) is 9.43. The molecular weight excluding hydrogens is 338 g/mol. The molecule has 1 aromatic carbocycles. The van der Waals surface area contributed by atoms with Crippen LogP contribution in [-0.4, -0.2) is 37.7 Å². The minimum atomic E-state index is 0.0193. The average Bonchev–Trinajstić information content (AvgIpc) is 2.83. The van der Waals surface area contributed by atoms with E-state index in [0.29, 0.717) is 5.82 Å². The van der Waals surface area contributed by atoms with Gasteiger partial charge in [-0.1, -0.05) is 12.1 Å². The lowest BCUT2D eigenvalue weighted by Gasteiger charge is -2.20. The summed E-state index contributed by atoms with van der Waals surface area (Å²) in [6.45, 7) is 8.57. The largest absolute Gasteiger partial charge is 0.311 e. The van der Waals surface area contributed by atoms with Crippen LogP contribution in [0.15, 0.2) is 35.1 Å². The highest BCUT2D eigenvalue weighted by Crippen LogP contribution is 2.17. The van der Waals surface area contributed by atoms with Crippen LogP contribution in [0.25, 0.3) is 5.69 Å². The molecule has 0 saturated carbocycles. The van der Waals surface area contributed by atoms with Crippen molar-refractivity contribution < 1.29 is 0 Å². The number of hydrogen-bond donors (Lipinski definition) is 1. The van der Waals surface area contributed by atoms with Gasteiger partial charge in [0.1, 0.15) is 5.82 Å². The summed E-state index contributed by atoms with van der Waals surface area (Å²) >= 11 is 0. The fourth-order valence-electron chi connectivity index (χ4n) is 3.87. The number of benzene rings is 1. The van der Waals surface area contributed by atoms with E-state index in [-0.39, 0.29) is 5.56 Å². The maximum absolute atomic E-state index is 12.2. The van der Waals surface area contributed by atoms with Crippen molar-refractivity contribution in [3.63, 3.8) is 0 Å². The molecule has 4 rings (SSSR count). The highest BCUT2D eigenvalue weighted by molar-refractivity contribution is 5.37. The van der Waals surface area contributed by atoms with Crippen LogP contribution in [0.2, 0.25) is 0 Å². The summed E-state index contributed by atoms with van der Waals surface area (Å²) in [6, 6.07) is 10.6. The first kappa shape index (κ1) is 17.7. The monoisotopic (exact) mass is 363 g/mol. The van der Waals surface area contributed by atoms with Crippen LogP contribution in [0.1, 0.15) is 34.0 Å². The van der Waals surface area contributed by atoms with E-state index in [4.69, 9.17) is 0 Å². The maximum atomic E-state index is 12.2. The minimum absolute atomic E-state index is 0.0193. The molecule has 6 heteroatoms. The van der Waals surface area contributed by atoms with E-state index in [2.05, 4.69) is 57.2 Å². The Labute approximate surface area is 158 Å². The van der Waals surface area contributed by atoms with E-state index < -0.39 is 0 Å². The van der Waals surface area contributed by atoms with Crippen molar-refractivity contribution in [3.8, 4) is 5.69 Å². The lowest BCUT2D eigenvalue weighted by atomic mass is 10.1. The summed E-state index contributed by atoms with van der Waals surface area (Å²) in [5.41, 5.74) is 6.32. The molecule has 3 heterocycles. The number of hydrogen-bond acceptors (Lipinski definition) is 4. The van der Waals surface area contributed by atoms with Crippen LogP contribution >= 0.6 is 0 Å². The zero-order valence-electron chi connectivity index (χ0n) is 16.1. The molecule has 0 radical (unpaired) electrons. The summed E-state index contributed by atoms with van der Waals surface area (Å²) < 4.78 is 1.99. The molecule has 0 unspecified atom stereocenters. The third-order valence-corrected chi connectivity index (χ3v) is 5.13. The molecule has 2 aromatic heterocycles. The van der Waals surface area contributed by atoms with Gasteiger partial charge in [-0.15, -0.1) is 0 Å². The number of H-pyrrole nitrogens is 1. The van der Waals surface area contributed by atoms with Gasteiger partial charge >= 0.3 is 0 Å². The number of nitrogens with zero attached hydrogens (tertiary/aromatic N) is 4. The van der Waals surface area contributed by atoms with Crippen LogP contribution in [0.4, 0.5) is 0 Å². The SMILES string of the molecule is Cc1cc(C)n(-c2cccc(CN3CCc4nc(C)[nH]c(=O)c4CC3)c2)n1. The van der Waals surface area contributed by atoms with Crippen LogP contribution in [0.5, 0.6) is 0 Å². The van der Waals surface area contributed by atoms with Gasteiger partial charge in [0.15, 0.2) is 0 Å². The molecule has 1 aliphatic rings. The molecule has 0 amide bonds. The molecule has 3 aromatic rings. The van der Waals surface area contributed by atoms with E-state index >= 15 is 0 Å². The van der Waals surface area contributed by atoms with E-state index in [9.17, 15) is 4.79 Å². The minimum Gasteiger partial charge on any atom is -0.311 e. The van der Waals surface area contributed by atoms with E-state index in [1.54, 1.807) is 0 Å². The predicted octanol–water partition coefficient (Wildman–Crippen LogP) is 2.48. The Balaban J connectivity index is 1.52. The van der Waals surface area contributed by atoms with Crippen LogP contribution in [0, 0.1) is 20.8 Å². The number of aromatic amines is 1. The quantitative estimate of drug-likeness (QED) is 0.776. The van der Waals surface area contributed by atoms with Crippen molar-refractivity contribution in [3.05, 3.63) is 74.7 Å². The molecule has 0 aliphatic carbocycles. The van der Waals surface area contributed by atoms with Crippen molar-refractivity contribution in [1.82, 2.24) is 24.6 Å². The van der Waals surface area contributed by atoms with Crippen molar-refractivity contribution in [2.75, 3.05) is 13.1 Å². The zero-order valence-corrected chi connectivity index (χ0v) is 16.1. The molecular formula is C21H25N5O. The molecule has 0 spiro atoms. The predicted molar refractivity (Wildman–Crippen MR) is 105 cm³/mol. The van der Waals surface area contributed by atoms with Crippen molar-refractivity contribution in [2.24, 2.45) is 0 Å². The standard InChI is InChI=1S/C21H25N5O/c1-14-11-15(2)26(24-14)18-6-4-5-17(12-18)13-25-9-7-19-20(8-10-25)22-16(3)23-21(19)27/h4-6,11-12H,7-10,13H2,1-3H3,(H,22,23,27). The summed E-state index contributed by atoms with van der Waals surface area (Å²) in [5, 5.41) is 4.59. The second-order valence-corrected chi connectivity index (χ2v) is 7.36. The topological polar surface area (TPSA) is 66.8 Å². The third kappa shape index (κ3) is 3.71. The van der Waals surface area contributed by atoms with Gasteiger partial charge in [-0.25, -0.2) is 9.67 Å². The fourth-order valence-corrected chi connectivity index (χ4v) is 3.87.